The van der Waals surface area contributed by atoms with Crippen LogP contribution in [0.25, 0.3) is 0 Å². The first-order valence-electron chi connectivity index (χ1n) is 8.91. The molecule has 4 nitrogen and oxygen atoms in total. The summed E-state index contributed by atoms with van der Waals surface area (Å²) in [6.07, 6.45) is 13.7. The fourth-order valence-corrected chi connectivity index (χ4v) is 2.29. The number of aliphatic hydroxyl groups is 1. The van der Waals surface area contributed by atoms with Crippen LogP contribution in [0.15, 0.2) is 12.2 Å². The molecule has 0 aromatic heterocycles. The summed E-state index contributed by atoms with van der Waals surface area (Å²) in [5, 5.41) is 11.7. The Kier molecular flexibility index (Phi) is 15.8. The second kappa shape index (κ2) is 16.5. The molecule has 0 aliphatic carbocycles. The van der Waals surface area contributed by atoms with Gasteiger partial charge in [-0.3, -0.25) is 4.79 Å². The highest BCUT2D eigenvalue weighted by molar-refractivity contribution is 5.75. The molecule has 0 saturated heterocycles. The molecule has 0 heterocycles. The van der Waals surface area contributed by atoms with Crippen LogP contribution in [0.4, 0.5) is 0 Å². The number of hydrogen-bond donors (Lipinski definition) is 2. The van der Waals surface area contributed by atoms with E-state index in [4.69, 9.17) is 5.11 Å². The molecule has 0 fully saturated rings. The van der Waals surface area contributed by atoms with Crippen molar-refractivity contribution in [3.8, 4) is 0 Å². The van der Waals surface area contributed by atoms with Gasteiger partial charge in [0.2, 0.25) is 5.91 Å². The molecule has 0 bridgehead atoms. The minimum atomic E-state index is 0.151. The molecule has 0 spiro atoms. The summed E-state index contributed by atoms with van der Waals surface area (Å²) >= 11 is 0. The molecule has 0 rings (SSSR count). The summed E-state index contributed by atoms with van der Waals surface area (Å²) in [6, 6.07) is 0. The highest BCUT2D eigenvalue weighted by Gasteiger charge is 2.01. The van der Waals surface area contributed by atoms with E-state index in [1.807, 2.05) is 0 Å². The van der Waals surface area contributed by atoms with Gasteiger partial charge in [-0.05, 0) is 39.3 Å². The highest BCUT2D eigenvalue weighted by Crippen LogP contribution is 2.05. The number of nitrogens with one attached hydrogen (secondary N) is 1. The number of rotatable bonds is 15. The van der Waals surface area contributed by atoms with Crippen molar-refractivity contribution >= 4 is 5.91 Å². The summed E-state index contributed by atoms with van der Waals surface area (Å²) < 4.78 is 0. The molecule has 0 radical (unpaired) electrons. The van der Waals surface area contributed by atoms with Crippen molar-refractivity contribution in [3.05, 3.63) is 12.2 Å². The van der Waals surface area contributed by atoms with E-state index in [-0.39, 0.29) is 5.91 Å². The lowest BCUT2D eigenvalue weighted by Gasteiger charge is -2.16. The Morgan fingerprint density at radius 1 is 1.05 bits per heavy atom. The third kappa shape index (κ3) is 15.5. The third-order valence-electron chi connectivity index (χ3n) is 3.70. The molecule has 0 aromatic rings. The van der Waals surface area contributed by atoms with E-state index in [2.05, 4.69) is 36.3 Å². The summed E-state index contributed by atoms with van der Waals surface area (Å²) in [5.74, 6) is 0.151. The SMILES string of the molecule is CC/C=C/CCC(=O)NCCN(C)CCCCCCCCO. The molecule has 0 aliphatic rings. The number of aliphatic hydroxyl groups excluding tert-OH is 1. The topological polar surface area (TPSA) is 52.6 Å². The number of allylic oxidation sites excluding steroid dienone is 2. The maximum atomic E-state index is 11.6. The van der Waals surface area contributed by atoms with E-state index in [0.717, 1.165) is 45.3 Å². The van der Waals surface area contributed by atoms with E-state index in [1.54, 1.807) is 0 Å². The minimum Gasteiger partial charge on any atom is -0.396 e. The Hall–Kier alpha value is -0.870. The van der Waals surface area contributed by atoms with E-state index in [1.165, 1.54) is 25.7 Å². The second-order valence-corrected chi connectivity index (χ2v) is 5.92. The molecular formula is C18H36N2O2. The van der Waals surface area contributed by atoms with Crippen LogP contribution in [0.1, 0.15) is 64.7 Å². The van der Waals surface area contributed by atoms with Crippen molar-refractivity contribution < 1.29 is 9.90 Å². The largest absolute Gasteiger partial charge is 0.396 e. The van der Waals surface area contributed by atoms with Crippen LogP contribution in [0.3, 0.4) is 0 Å². The first-order valence-corrected chi connectivity index (χ1v) is 8.91. The molecule has 0 saturated carbocycles. The first kappa shape index (κ1) is 21.1. The Bertz CT molecular complexity index is 280. The average molecular weight is 312 g/mol. The Balaban J connectivity index is 3.36. The van der Waals surface area contributed by atoms with Crippen molar-refractivity contribution in [1.82, 2.24) is 10.2 Å². The van der Waals surface area contributed by atoms with Crippen molar-refractivity contribution in [1.29, 1.82) is 0 Å². The number of unbranched alkanes of at least 4 members (excludes halogenated alkanes) is 5. The van der Waals surface area contributed by atoms with E-state index < -0.39 is 0 Å². The highest BCUT2D eigenvalue weighted by atomic mass is 16.2. The van der Waals surface area contributed by atoms with Crippen LogP contribution in [0, 0.1) is 0 Å². The summed E-state index contributed by atoms with van der Waals surface area (Å²) in [5.41, 5.74) is 0. The molecule has 0 atom stereocenters. The lowest BCUT2D eigenvalue weighted by Crippen LogP contribution is -2.33. The number of nitrogens with zero attached hydrogens (tertiary/aromatic N) is 1. The zero-order valence-corrected chi connectivity index (χ0v) is 14.6. The zero-order chi connectivity index (χ0) is 16.5. The number of hydrogen-bond acceptors (Lipinski definition) is 3. The number of carbonyl (C=O) groups is 1. The Labute approximate surface area is 137 Å². The average Bonchev–Trinajstić information content (AvgIpc) is 2.51. The van der Waals surface area contributed by atoms with E-state index in [9.17, 15) is 4.79 Å². The maximum absolute atomic E-state index is 11.6. The predicted molar refractivity (Wildman–Crippen MR) is 94.0 cm³/mol. The lowest BCUT2D eigenvalue weighted by atomic mass is 10.1. The van der Waals surface area contributed by atoms with Crippen LogP contribution in [-0.2, 0) is 4.79 Å². The van der Waals surface area contributed by atoms with Gasteiger partial charge in [-0.2, -0.15) is 0 Å². The van der Waals surface area contributed by atoms with Gasteiger partial charge in [0.05, 0.1) is 0 Å². The normalized spacial score (nSPS) is 11.5. The second-order valence-electron chi connectivity index (χ2n) is 5.92. The molecule has 0 unspecified atom stereocenters. The number of likely N-dealkylation sites (N-methyl/N-ethyl adjacent to an activating group) is 1. The van der Waals surface area contributed by atoms with Gasteiger partial charge in [0.25, 0.3) is 0 Å². The Morgan fingerprint density at radius 2 is 1.73 bits per heavy atom. The summed E-state index contributed by atoms with van der Waals surface area (Å²) in [4.78, 5) is 13.9. The fourth-order valence-electron chi connectivity index (χ4n) is 2.29. The lowest BCUT2D eigenvalue weighted by molar-refractivity contribution is -0.121. The van der Waals surface area contributed by atoms with Gasteiger partial charge in [0, 0.05) is 26.1 Å². The quantitative estimate of drug-likeness (QED) is 0.361. The van der Waals surface area contributed by atoms with Gasteiger partial charge in [-0.1, -0.05) is 44.8 Å². The maximum Gasteiger partial charge on any atom is 0.220 e. The molecule has 2 N–H and O–H groups in total. The van der Waals surface area contributed by atoms with Crippen molar-refractivity contribution in [2.75, 3.05) is 33.3 Å². The van der Waals surface area contributed by atoms with Gasteiger partial charge < -0.3 is 15.3 Å². The smallest absolute Gasteiger partial charge is 0.220 e. The molecular weight excluding hydrogens is 276 g/mol. The fraction of sp³-hybridized carbons (Fsp3) is 0.833. The first-order chi connectivity index (χ1) is 10.7. The van der Waals surface area contributed by atoms with E-state index in [0.29, 0.717) is 13.0 Å². The molecule has 22 heavy (non-hydrogen) atoms. The zero-order valence-electron chi connectivity index (χ0n) is 14.6. The minimum absolute atomic E-state index is 0.151. The van der Waals surface area contributed by atoms with Crippen LogP contribution < -0.4 is 5.32 Å². The summed E-state index contributed by atoms with van der Waals surface area (Å²) in [7, 11) is 2.11. The predicted octanol–water partition coefficient (Wildman–Crippen LogP) is 3.11. The molecule has 0 aliphatic heterocycles. The Morgan fingerprint density at radius 3 is 2.41 bits per heavy atom. The number of carbonyl (C=O) groups excluding carboxylic acids is 1. The van der Waals surface area contributed by atoms with Crippen molar-refractivity contribution in [2.24, 2.45) is 0 Å². The number of amides is 1. The third-order valence-corrected chi connectivity index (χ3v) is 3.70. The monoisotopic (exact) mass is 312 g/mol. The van der Waals surface area contributed by atoms with Gasteiger partial charge in [-0.15, -0.1) is 0 Å². The van der Waals surface area contributed by atoms with Gasteiger partial charge in [0.15, 0.2) is 0 Å². The molecule has 1 amide bonds. The van der Waals surface area contributed by atoms with Gasteiger partial charge in [0.1, 0.15) is 0 Å². The van der Waals surface area contributed by atoms with Crippen LogP contribution in [-0.4, -0.2) is 49.2 Å². The molecule has 4 heteroatoms. The van der Waals surface area contributed by atoms with Gasteiger partial charge in [-0.25, -0.2) is 0 Å². The van der Waals surface area contributed by atoms with Crippen molar-refractivity contribution in [2.45, 2.75) is 64.7 Å². The molecule has 130 valence electrons. The molecule has 0 aromatic carbocycles. The van der Waals surface area contributed by atoms with Crippen molar-refractivity contribution in [3.63, 3.8) is 0 Å². The van der Waals surface area contributed by atoms with Gasteiger partial charge >= 0.3 is 0 Å². The van der Waals surface area contributed by atoms with Crippen LogP contribution in [0.5, 0.6) is 0 Å². The van der Waals surface area contributed by atoms with Crippen LogP contribution in [0.2, 0.25) is 0 Å². The van der Waals surface area contributed by atoms with E-state index >= 15 is 0 Å². The standard InChI is InChI=1S/C18H36N2O2/c1-3-4-5-10-13-18(22)19-14-16-20(2)15-11-8-6-7-9-12-17-21/h4-5,21H,3,6-17H2,1-2H3,(H,19,22)/b5-4+. The van der Waals surface area contributed by atoms with Crippen LogP contribution >= 0.6 is 0 Å². The summed E-state index contributed by atoms with van der Waals surface area (Å²) in [6.45, 7) is 5.17.